The first kappa shape index (κ1) is 38.6. The third-order valence-corrected chi connectivity index (χ3v) is 16.2. The minimum atomic E-state index is -0.200. The van der Waals surface area contributed by atoms with Gasteiger partial charge in [-0.1, -0.05) is 179 Å². The predicted molar refractivity (Wildman–Crippen MR) is 284 cm³/mol. The van der Waals surface area contributed by atoms with E-state index in [1.807, 2.05) is 0 Å². The van der Waals surface area contributed by atoms with Crippen LogP contribution in [0, 0.1) is 0 Å². The van der Waals surface area contributed by atoms with Gasteiger partial charge < -0.3 is 9.80 Å². The molecule has 0 aromatic heterocycles. The number of rotatable bonds is 5. The summed E-state index contributed by atoms with van der Waals surface area (Å²) in [5, 5.41) is 10.4. The highest BCUT2D eigenvalue weighted by molar-refractivity contribution is 6.35. The predicted octanol–water partition coefficient (Wildman–Crippen LogP) is 17.0. The van der Waals surface area contributed by atoms with Crippen LogP contribution in [0.25, 0.3) is 76.5 Å². The topological polar surface area (TPSA) is 6.48 Å². The Kier molecular flexibility index (Phi) is 8.02. The molecule has 67 heavy (non-hydrogen) atoms. The first-order valence-electron chi connectivity index (χ1n) is 24.1. The van der Waals surface area contributed by atoms with Crippen molar-refractivity contribution in [3.05, 3.63) is 228 Å². The van der Waals surface area contributed by atoms with Crippen LogP contribution in [-0.2, 0) is 23.8 Å². The first-order chi connectivity index (χ1) is 32.8. The minimum absolute atomic E-state index is 0.170. The smallest absolute Gasteiger partial charge is 0.0547 e. The second-order valence-electron chi connectivity index (χ2n) is 20.3. The molecule has 0 fully saturated rings. The lowest BCUT2D eigenvalue weighted by molar-refractivity contribution is 0.660. The standard InChI is InChI=1S/C65H50N2/c1-64(2)55-28-10-8-22-47(55)49-32-31-44(36-57(49)64)67(59-33-30-41-18-13-26-51-50-25-12-16-40-17-14-27-52(61(40)50)63(59)62(41)51)60-38-58-53(48-23-9-11-29-56(48)65(58,3)4)37-54(60)46-24-15-19-42-39-66(35-34-45(42)46)43-20-6-5-7-21-43/h5-33,36-38H,34-35,39H2,1-4H3. The fourth-order valence-electron chi connectivity index (χ4n) is 12.9. The maximum atomic E-state index is 2.67. The highest BCUT2D eigenvalue weighted by atomic mass is 15.2. The molecule has 1 heterocycles. The van der Waals surface area contributed by atoms with E-state index in [0.717, 1.165) is 19.5 Å². The molecule has 0 atom stereocenters. The zero-order valence-electron chi connectivity index (χ0n) is 38.5. The van der Waals surface area contributed by atoms with E-state index in [1.165, 1.54) is 133 Å². The van der Waals surface area contributed by atoms with Crippen molar-refractivity contribution in [2.75, 3.05) is 16.3 Å². The molecule has 14 rings (SSSR count). The van der Waals surface area contributed by atoms with Gasteiger partial charge in [-0.15, -0.1) is 0 Å². The Morgan fingerprint density at radius 2 is 1.00 bits per heavy atom. The van der Waals surface area contributed by atoms with Crippen LogP contribution in [0.3, 0.4) is 0 Å². The molecule has 0 amide bonds. The van der Waals surface area contributed by atoms with Crippen molar-refractivity contribution in [3.8, 4) is 33.4 Å². The molecule has 2 nitrogen and oxygen atoms in total. The van der Waals surface area contributed by atoms with Crippen LogP contribution in [-0.4, -0.2) is 6.54 Å². The van der Waals surface area contributed by atoms with Crippen LogP contribution in [0.1, 0.15) is 61.1 Å². The summed E-state index contributed by atoms with van der Waals surface area (Å²) >= 11 is 0. The SMILES string of the molecule is CC1(C)c2ccccc2-c2ccc(N(c3cc4c(cc3-c3cccc5c3CCN(c3ccccc3)C5)-c3ccccc3C4(C)C)c3ccc4cccc5c6cccc7cccc(c3c45)c76)cc21. The highest BCUT2D eigenvalue weighted by Gasteiger charge is 2.39. The Hall–Kier alpha value is -7.68. The van der Waals surface area contributed by atoms with Crippen molar-refractivity contribution in [3.63, 3.8) is 0 Å². The number of para-hydroxylation sites is 1. The number of fused-ring (bicyclic) bond motifs is 9. The highest BCUT2D eigenvalue weighted by Crippen LogP contribution is 2.57. The van der Waals surface area contributed by atoms with Gasteiger partial charge in [-0.25, -0.2) is 0 Å². The van der Waals surface area contributed by atoms with Gasteiger partial charge in [0.15, 0.2) is 0 Å². The van der Waals surface area contributed by atoms with Gasteiger partial charge in [-0.05, 0) is 148 Å². The number of anilines is 4. The summed E-state index contributed by atoms with van der Waals surface area (Å²) in [5.74, 6) is 0. The van der Waals surface area contributed by atoms with E-state index in [0.29, 0.717) is 0 Å². The Morgan fingerprint density at radius 1 is 0.403 bits per heavy atom. The van der Waals surface area contributed by atoms with Crippen molar-refractivity contribution in [1.29, 1.82) is 0 Å². The molecule has 11 aromatic carbocycles. The number of nitrogens with zero attached hydrogens (tertiary/aromatic N) is 2. The monoisotopic (exact) mass is 858 g/mol. The van der Waals surface area contributed by atoms with Crippen LogP contribution in [0.2, 0.25) is 0 Å². The van der Waals surface area contributed by atoms with E-state index in [2.05, 4.69) is 232 Å². The van der Waals surface area contributed by atoms with Gasteiger partial charge in [0, 0.05) is 46.2 Å². The summed E-state index contributed by atoms with van der Waals surface area (Å²) < 4.78 is 0. The third kappa shape index (κ3) is 5.39. The second-order valence-corrected chi connectivity index (χ2v) is 20.3. The molecule has 320 valence electrons. The average Bonchev–Trinajstić information content (AvgIpc) is 3.74. The third-order valence-electron chi connectivity index (χ3n) is 16.2. The summed E-state index contributed by atoms with van der Waals surface area (Å²) in [6.45, 7) is 11.5. The molecule has 11 aromatic rings. The van der Waals surface area contributed by atoms with Crippen molar-refractivity contribution in [2.24, 2.45) is 0 Å². The summed E-state index contributed by atoms with van der Waals surface area (Å²) in [6, 6.07) is 74.1. The van der Waals surface area contributed by atoms with Crippen LogP contribution in [0.15, 0.2) is 194 Å². The normalized spacial score (nSPS) is 15.2. The molecular formula is C65H50N2. The zero-order chi connectivity index (χ0) is 44.8. The van der Waals surface area contributed by atoms with Crippen LogP contribution in [0.4, 0.5) is 22.7 Å². The van der Waals surface area contributed by atoms with E-state index in [-0.39, 0.29) is 10.8 Å². The molecule has 0 saturated heterocycles. The maximum absolute atomic E-state index is 2.67. The molecule has 0 bridgehead atoms. The molecular weight excluding hydrogens is 809 g/mol. The van der Waals surface area contributed by atoms with Crippen LogP contribution < -0.4 is 9.80 Å². The molecule has 2 aliphatic carbocycles. The van der Waals surface area contributed by atoms with Gasteiger partial charge in [-0.2, -0.15) is 0 Å². The minimum Gasteiger partial charge on any atom is -0.367 e. The fraction of sp³-hybridized carbons (Fsp3) is 0.138. The molecule has 0 saturated carbocycles. The largest absolute Gasteiger partial charge is 0.367 e. The number of hydrogen-bond donors (Lipinski definition) is 0. The molecule has 1 aliphatic heterocycles. The van der Waals surface area contributed by atoms with Gasteiger partial charge in [0.05, 0.1) is 11.4 Å². The van der Waals surface area contributed by atoms with Crippen molar-refractivity contribution in [2.45, 2.75) is 51.5 Å². The van der Waals surface area contributed by atoms with E-state index in [1.54, 1.807) is 0 Å². The van der Waals surface area contributed by atoms with Crippen LogP contribution in [0.5, 0.6) is 0 Å². The van der Waals surface area contributed by atoms with Gasteiger partial charge in [0.25, 0.3) is 0 Å². The van der Waals surface area contributed by atoms with Crippen LogP contribution >= 0.6 is 0 Å². The van der Waals surface area contributed by atoms with Crippen molar-refractivity contribution in [1.82, 2.24) is 0 Å². The van der Waals surface area contributed by atoms with Gasteiger partial charge in [0.2, 0.25) is 0 Å². The van der Waals surface area contributed by atoms with E-state index >= 15 is 0 Å². The summed E-state index contributed by atoms with van der Waals surface area (Å²) in [5.41, 5.74) is 20.8. The first-order valence-corrected chi connectivity index (χ1v) is 24.1. The Morgan fingerprint density at radius 3 is 1.75 bits per heavy atom. The molecule has 3 aliphatic rings. The van der Waals surface area contributed by atoms with Gasteiger partial charge in [0.1, 0.15) is 0 Å². The lowest BCUT2D eigenvalue weighted by Crippen LogP contribution is -2.30. The lowest BCUT2D eigenvalue weighted by atomic mass is 9.80. The molecule has 0 unspecified atom stereocenters. The molecule has 0 radical (unpaired) electrons. The van der Waals surface area contributed by atoms with E-state index in [9.17, 15) is 0 Å². The number of benzene rings is 11. The van der Waals surface area contributed by atoms with Gasteiger partial charge in [-0.3, -0.25) is 0 Å². The zero-order valence-corrected chi connectivity index (χ0v) is 38.5. The quantitative estimate of drug-likeness (QED) is 0.126. The summed E-state index contributed by atoms with van der Waals surface area (Å²) in [4.78, 5) is 5.21. The van der Waals surface area contributed by atoms with E-state index < -0.39 is 0 Å². The summed E-state index contributed by atoms with van der Waals surface area (Å²) in [6.07, 6.45) is 0.966. The Balaban J connectivity index is 1.11. The molecule has 2 heteroatoms. The lowest BCUT2D eigenvalue weighted by Gasteiger charge is -2.35. The van der Waals surface area contributed by atoms with Crippen molar-refractivity contribution >= 4 is 65.8 Å². The Bertz CT molecular complexity index is 3850. The van der Waals surface area contributed by atoms with Gasteiger partial charge >= 0.3 is 0 Å². The Labute approximate surface area is 392 Å². The molecule has 0 spiro atoms. The number of hydrogen-bond acceptors (Lipinski definition) is 2. The maximum Gasteiger partial charge on any atom is 0.0547 e. The molecule has 0 N–H and O–H groups in total. The summed E-state index contributed by atoms with van der Waals surface area (Å²) in [7, 11) is 0. The van der Waals surface area contributed by atoms with Crippen molar-refractivity contribution < 1.29 is 0 Å². The van der Waals surface area contributed by atoms with E-state index in [4.69, 9.17) is 0 Å². The fourth-order valence-corrected chi connectivity index (χ4v) is 12.9. The average molecular weight is 859 g/mol. The second kappa shape index (κ2) is 13.9.